The zero-order valence-corrected chi connectivity index (χ0v) is 19.4. The molecular weight excluding hydrogens is 436 g/mol. The third-order valence-corrected chi connectivity index (χ3v) is 6.15. The molecule has 7 heteroatoms. The van der Waals surface area contributed by atoms with Crippen molar-refractivity contribution < 1.29 is 19.1 Å². The molecule has 1 heterocycles. The Morgan fingerprint density at radius 3 is 2.24 bits per heavy atom. The Morgan fingerprint density at radius 2 is 1.55 bits per heavy atom. The van der Waals surface area contributed by atoms with Gasteiger partial charge >= 0.3 is 0 Å². The van der Waals surface area contributed by atoms with Crippen LogP contribution in [0.3, 0.4) is 0 Å². The van der Waals surface area contributed by atoms with Crippen LogP contribution >= 0.6 is 11.8 Å². The molecule has 0 radical (unpaired) electrons. The summed E-state index contributed by atoms with van der Waals surface area (Å²) >= 11 is 1.25. The fraction of sp³-hybridized carbons (Fsp3) is 0.154. The van der Waals surface area contributed by atoms with Gasteiger partial charge in [0.2, 0.25) is 0 Å². The van der Waals surface area contributed by atoms with Crippen LogP contribution in [0.25, 0.3) is 0 Å². The van der Waals surface area contributed by atoms with E-state index in [2.05, 4.69) is 5.32 Å². The van der Waals surface area contributed by atoms with Gasteiger partial charge in [-0.05, 0) is 50.2 Å². The molecule has 168 valence electrons. The molecule has 1 N–H and O–H groups in total. The van der Waals surface area contributed by atoms with Gasteiger partial charge in [-0.3, -0.25) is 9.59 Å². The van der Waals surface area contributed by atoms with Crippen LogP contribution in [0.15, 0.2) is 88.3 Å². The predicted octanol–water partition coefficient (Wildman–Crippen LogP) is 5.39. The van der Waals surface area contributed by atoms with Gasteiger partial charge in [-0.25, -0.2) is 4.90 Å². The van der Waals surface area contributed by atoms with E-state index in [0.717, 1.165) is 15.4 Å². The average molecular weight is 461 g/mol. The number of thioether (sulfide) groups is 1. The maximum absolute atomic E-state index is 13.6. The van der Waals surface area contributed by atoms with E-state index >= 15 is 0 Å². The maximum atomic E-state index is 13.6. The molecule has 2 amide bonds. The third-order valence-electron chi connectivity index (χ3n) is 5.05. The van der Waals surface area contributed by atoms with Crippen molar-refractivity contribution >= 4 is 35.0 Å². The van der Waals surface area contributed by atoms with Crippen LogP contribution in [0.1, 0.15) is 12.5 Å². The van der Waals surface area contributed by atoms with Crippen LogP contribution in [0.5, 0.6) is 11.5 Å². The number of nitrogens with zero attached hydrogens (tertiary/aromatic N) is 1. The zero-order valence-electron chi connectivity index (χ0n) is 18.6. The highest BCUT2D eigenvalue weighted by atomic mass is 32.2. The second-order valence-electron chi connectivity index (χ2n) is 7.29. The van der Waals surface area contributed by atoms with E-state index in [1.807, 2.05) is 62.4 Å². The standard InChI is InChI=1S/C26H24N2O4S/c1-4-32-21-11-7-5-9-19(21)27-23-24(33-18-15-13-17(2)14-16-18)26(30)28(25(23)29)20-10-6-8-12-22(20)31-3/h5-16,27H,4H2,1-3H3. The summed E-state index contributed by atoms with van der Waals surface area (Å²) in [5.74, 6) is 0.176. The van der Waals surface area contributed by atoms with Crippen molar-refractivity contribution in [3.63, 3.8) is 0 Å². The largest absolute Gasteiger partial charge is 0.495 e. The fourth-order valence-corrected chi connectivity index (χ4v) is 4.38. The molecule has 3 aromatic rings. The number of amides is 2. The smallest absolute Gasteiger partial charge is 0.283 e. The van der Waals surface area contributed by atoms with Crippen molar-refractivity contribution in [1.82, 2.24) is 0 Å². The Morgan fingerprint density at radius 1 is 0.879 bits per heavy atom. The van der Waals surface area contributed by atoms with E-state index in [1.54, 1.807) is 24.3 Å². The lowest BCUT2D eigenvalue weighted by Gasteiger charge is -2.18. The predicted molar refractivity (Wildman–Crippen MR) is 131 cm³/mol. The van der Waals surface area contributed by atoms with Crippen molar-refractivity contribution in [2.24, 2.45) is 0 Å². The zero-order chi connectivity index (χ0) is 23.4. The monoisotopic (exact) mass is 460 g/mol. The highest BCUT2D eigenvalue weighted by Gasteiger charge is 2.41. The number of anilines is 2. The number of benzene rings is 3. The minimum atomic E-state index is -0.453. The van der Waals surface area contributed by atoms with E-state index in [1.165, 1.54) is 18.9 Å². The van der Waals surface area contributed by atoms with Gasteiger partial charge < -0.3 is 14.8 Å². The Labute approximate surface area is 197 Å². The summed E-state index contributed by atoms with van der Waals surface area (Å²) in [4.78, 5) is 29.5. The molecule has 33 heavy (non-hydrogen) atoms. The van der Waals surface area contributed by atoms with Crippen LogP contribution < -0.4 is 19.7 Å². The molecule has 0 bridgehead atoms. The number of carbonyl (C=O) groups excluding carboxylic acids is 2. The first-order valence-electron chi connectivity index (χ1n) is 10.5. The summed E-state index contributed by atoms with van der Waals surface area (Å²) in [6, 6.07) is 22.1. The van der Waals surface area contributed by atoms with Crippen LogP contribution in [0, 0.1) is 6.92 Å². The van der Waals surface area contributed by atoms with E-state index in [9.17, 15) is 9.59 Å². The normalized spacial score (nSPS) is 13.5. The highest BCUT2D eigenvalue weighted by Crippen LogP contribution is 2.41. The van der Waals surface area contributed by atoms with Crippen molar-refractivity contribution in [3.8, 4) is 11.5 Å². The summed E-state index contributed by atoms with van der Waals surface area (Å²) in [5.41, 5.74) is 2.32. The molecule has 6 nitrogen and oxygen atoms in total. The second kappa shape index (κ2) is 9.83. The third kappa shape index (κ3) is 4.59. The summed E-state index contributed by atoms with van der Waals surface area (Å²) in [7, 11) is 1.51. The second-order valence-corrected chi connectivity index (χ2v) is 8.37. The molecule has 0 aromatic heterocycles. The Hall–Kier alpha value is -3.71. The minimum absolute atomic E-state index is 0.198. The molecule has 4 rings (SSSR count). The number of carbonyl (C=O) groups is 2. The van der Waals surface area contributed by atoms with Crippen LogP contribution in [-0.4, -0.2) is 25.5 Å². The summed E-state index contributed by atoms with van der Waals surface area (Å²) in [6.45, 7) is 4.37. The molecule has 0 saturated carbocycles. The van der Waals surface area contributed by atoms with Gasteiger partial charge in [0.15, 0.2) is 0 Å². The quantitative estimate of drug-likeness (QED) is 0.455. The summed E-state index contributed by atoms with van der Waals surface area (Å²) < 4.78 is 11.1. The highest BCUT2D eigenvalue weighted by molar-refractivity contribution is 8.04. The molecule has 0 unspecified atom stereocenters. The summed E-state index contributed by atoms with van der Waals surface area (Å²) in [5, 5.41) is 3.17. The van der Waals surface area contributed by atoms with Crippen molar-refractivity contribution in [2.45, 2.75) is 18.7 Å². The lowest BCUT2D eigenvalue weighted by molar-refractivity contribution is -0.120. The minimum Gasteiger partial charge on any atom is -0.495 e. The van der Waals surface area contributed by atoms with E-state index in [-0.39, 0.29) is 5.70 Å². The summed E-state index contributed by atoms with van der Waals surface area (Å²) in [6.07, 6.45) is 0. The number of para-hydroxylation sites is 4. The van der Waals surface area contributed by atoms with Crippen molar-refractivity contribution in [1.29, 1.82) is 0 Å². The number of hydrogen-bond donors (Lipinski definition) is 1. The van der Waals surface area contributed by atoms with E-state index in [4.69, 9.17) is 9.47 Å². The first-order chi connectivity index (χ1) is 16.0. The van der Waals surface area contributed by atoms with Gasteiger partial charge in [-0.1, -0.05) is 53.7 Å². The van der Waals surface area contributed by atoms with Gasteiger partial charge in [0.25, 0.3) is 11.8 Å². The van der Waals surface area contributed by atoms with Crippen molar-refractivity contribution in [2.75, 3.05) is 23.9 Å². The Balaban J connectivity index is 1.78. The average Bonchev–Trinajstić information content (AvgIpc) is 3.05. The van der Waals surface area contributed by atoms with E-state index < -0.39 is 11.8 Å². The van der Waals surface area contributed by atoms with Crippen LogP contribution in [0.2, 0.25) is 0 Å². The number of nitrogens with one attached hydrogen (secondary N) is 1. The molecule has 0 saturated heterocycles. The molecule has 1 aliphatic heterocycles. The molecule has 0 fully saturated rings. The Kier molecular flexibility index (Phi) is 6.70. The molecule has 0 atom stereocenters. The number of aryl methyl sites for hydroxylation is 1. The van der Waals surface area contributed by atoms with Gasteiger partial charge in [0, 0.05) is 4.90 Å². The van der Waals surface area contributed by atoms with Crippen LogP contribution in [0.4, 0.5) is 11.4 Å². The molecular formula is C26H24N2O4S. The van der Waals surface area contributed by atoms with Crippen LogP contribution in [-0.2, 0) is 9.59 Å². The van der Waals surface area contributed by atoms with Gasteiger partial charge in [-0.2, -0.15) is 0 Å². The first-order valence-corrected chi connectivity index (χ1v) is 11.3. The number of hydrogen-bond acceptors (Lipinski definition) is 6. The Bertz CT molecular complexity index is 1220. The lowest BCUT2D eigenvalue weighted by atomic mass is 10.2. The molecule has 3 aromatic carbocycles. The van der Waals surface area contributed by atoms with E-state index in [0.29, 0.717) is 34.4 Å². The number of methoxy groups -OCH3 is 1. The maximum Gasteiger partial charge on any atom is 0.283 e. The number of imide groups is 1. The number of rotatable bonds is 8. The molecule has 0 spiro atoms. The van der Waals surface area contributed by atoms with Gasteiger partial charge in [0.1, 0.15) is 22.1 Å². The lowest BCUT2D eigenvalue weighted by Crippen LogP contribution is -2.32. The number of ether oxygens (including phenoxy) is 2. The van der Waals surface area contributed by atoms with Gasteiger partial charge in [-0.15, -0.1) is 0 Å². The molecule has 0 aliphatic carbocycles. The van der Waals surface area contributed by atoms with Crippen molar-refractivity contribution in [3.05, 3.63) is 89.0 Å². The first kappa shape index (κ1) is 22.5. The molecule has 1 aliphatic rings. The SMILES string of the molecule is CCOc1ccccc1NC1=C(Sc2ccc(C)cc2)C(=O)N(c2ccccc2OC)C1=O. The topological polar surface area (TPSA) is 67.9 Å². The van der Waals surface area contributed by atoms with Gasteiger partial charge in [0.05, 0.1) is 25.1 Å². The fourth-order valence-electron chi connectivity index (χ4n) is 3.46.